The minimum Gasteiger partial charge on any atom is -0.456 e. The van der Waals surface area contributed by atoms with E-state index in [1.165, 1.54) is 16.7 Å². The van der Waals surface area contributed by atoms with E-state index in [9.17, 15) is 0 Å². The van der Waals surface area contributed by atoms with Gasteiger partial charge < -0.3 is 20.3 Å². The van der Waals surface area contributed by atoms with Gasteiger partial charge in [0, 0.05) is 49.0 Å². The molecule has 0 radical (unpaired) electrons. The number of hydrogen-bond acceptors (Lipinski definition) is 5. The summed E-state index contributed by atoms with van der Waals surface area (Å²) in [4.78, 5) is 10.9. The summed E-state index contributed by atoms with van der Waals surface area (Å²) in [6, 6.07) is 53.1. The lowest BCUT2D eigenvalue weighted by molar-refractivity contribution is 0.667. The van der Waals surface area contributed by atoms with Crippen molar-refractivity contribution in [3.63, 3.8) is 0 Å². The van der Waals surface area contributed by atoms with Gasteiger partial charge in [-0.2, -0.15) is 0 Å². The summed E-state index contributed by atoms with van der Waals surface area (Å²) in [5.74, 6) is 1.61. The monoisotopic (exact) mass is 706 g/mol. The molecule has 0 unspecified atom stereocenters. The van der Waals surface area contributed by atoms with Crippen LogP contribution in [0.4, 0.5) is 5.69 Å². The molecule has 0 aliphatic rings. The molecule has 2 heterocycles. The van der Waals surface area contributed by atoms with Gasteiger partial charge in [-0.3, -0.25) is 4.99 Å². The van der Waals surface area contributed by atoms with Crippen molar-refractivity contribution in [2.24, 2.45) is 15.7 Å². The Morgan fingerprint density at radius 2 is 1.25 bits per heavy atom. The second kappa shape index (κ2) is 13.9. The highest BCUT2D eigenvalue weighted by atomic mass is 32.2. The van der Waals surface area contributed by atoms with Crippen molar-refractivity contribution in [1.82, 2.24) is 0 Å². The lowest BCUT2D eigenvalue weighted by atomic mass is 10.0. The predicted molar refractivity (Wildman–Crippen MR) is 221 cm³/mol. The van der Waals surface area contributed by atoms with Gasteiger partial charge in [0.05, 0.1) is 6.54 Å². The number of aliphatic imine (C=N–C) groups is 2. The molecule has 7 heteroatoms. The lowest BCUT2D eigenvalue weighted by Gasteiger charge is -2.08. The van der Waals surface area contributed by atoms with Crippen molar-refractivity contribution in [2.75, 3.05) is 5.73 Å². The Kier molecular flexibility index (Phi) is 8.46. The number of anilines is 1. The van der Waals surface area contributed by atoms with Crippen molar-refractivity contribution in [3.8, 4) is 11.1 Å². The zero-order chi connectivity index (χ0) is 35.7. The van der Waals surface area contributed by atoms with Crippen LogP contribution in [0.2, 0.25) is 0 Å². The number of furan rings is 2. The molecule has 2 aromatic heterocycles. The Bertz CT molecular complexity index is 2820. The van der Waals surface area contributed by atoms with Crippen LogP contribution in [0, 0.1) is 0 Å². The summed E-state index contributed by atoms with van der Waals surface area (Å²) in [6.07, 6.45) is 0. The van der Waals surface area contributed by atoms with E-state index in [0.29, 0.717) is 29.5 Å². The summed E-state index contributed by atoms with van der Waals surface area (Å²) in [7, 11) is 0. The second-order valence-electron chi connectivity index (χ2n) is 13.0. The van der Waals surface area contributed by atoms with Gasteiger partial charge in [-0.15, -0.1) is 11.8 Å². The number of amidine groups is 2. The molecule has 53 heavy (non-hydrogen) atoms. The summed E-state index contributed by atoms with van der Waals surface area (Å²) >= 11 is 1.69. The van der Waals surface area contributed by atoms with Gasteiger partial charge in [0.2, 0.25) is 0 Å². The normalized spacial score (nSPS) is 12.4. The van der Waals surface area contributed by atoms with Crippen LogP contribution in [0.25, 0.3) is 55.0 Å². The van der Waals surface area contributed by atoms with Gasteiger partial charge in [-0.25, -0.2) is 4.99 Å². The Morgan fingerprint density at radius 3 is 2.08 bits per heavy atom. The summed E-state index contributed by atoms with van der Waals surface area (Å²) in [5, 5.41) is 3.85. The Hall–Kier alpha value is -6.57. The Labute approximate surface area is 310 Å². The van der Waals surface area contributed by atoms with Crippen molar-refractivity contribution < 1.29 is 8.83 Å². The molecule has 0 atom stereocenters. The largest absolute Gasteiger partial charge is 0.456 e. The summed E-state index contributed by atoms with van der Waals surface area (Å²) < 4.78 is 12.6. The first-order valence-electron chi connectivity index (χ1n) is 17.4. The molecule has 0 amide bonds. The fraction of sp³-hybridized carbons (Fsp3) is 0.0435. The third-order valence-corrected chi connectivity index (χ3v) is 10.6. The highest BCUT2D eigenvalue weighted by molar-refractivity contribution is 7.98. The summed E-state index contributed by atoms with van der Waals surface area (Å²) in [6.45, 7) is 0.443. The molecule has 0 saturated carbocycles. The van der Waals surface area contributed by atoms with Crippen LogP contribution in [-0.4, -0.2) is 11.7 Å². The minimum atomic E-state index is 0.325. The number of para-hydroxylation sites is 1. The van der Waals surface area contributed by atoms with E-state index in [1.807, 2.05) is 97.1 Å². The zero-order valence-electron chi connectivity index (χ0n) is 28.7. The maximum absolute atomic E-state index is 6.89. The molecule has 9 aromatic rings. The summed E-state index contributed by atoms with van der Waals surface area (Å²) in [5.41, 5.74) is 23.6. The van der Waals surface area contributed by atoms with Gasteiger partial charge in [-0.05, 0) is 58.7 Å². The smallest absolute Gasteiger partial charge is 0.157 e. The van der Waals surface area contributed by atoms with Gasteiger partial charge in [0.15, 0.2) is 5.84 Å². The molecule has 7 aromatic carbocycles. The van der Waals surface area contributed by atoms with Crippen LogP contribution in [-0.2, 0) is 12.3 Å². The molecule has 256 valence electrons. The van der Waals surface area contributed by atoms with Gasteiger partial charge in [0.25, 0.3) is 0 Å². The van der Waals surface area contributed by atoms with E-state index in [2.05, 4.69) is 60.7 Å². The number of benzene rings is 7. The van der Waals surface area contributed by atoms with E-state index >= 15 is 0 Å². The fourth-order valence-electron chi connectivity index (χ4n) is 6.77. The molecule has 9 rings (SSSR count). The average Bonchev–Trinajstić information content (AvgIpc) is 3.76. The second-order valence-corrected chi connectivity index (χ2v) is 14.0. The highest BCUT2D eigenvalue weighted by Crippen LogP contribution is 2.38. The number of rotatable bonds is 8. The predicted octanol–water partition coefficient (Wildman–Crippen LogP) is 11.4. The Morgan fingerprint density at radius 1 is 0.566 bits per heavy atom. The van der Waals surface area contributed by atoms with Crippen LogP contribution in [0.1, 0.15) is 22.3 Å². The Balaban J connectivity index is 1.05. The van der Waals surface area contributed by atoms with Crippen LogP contribution in [0.5, 0.6) is 0 Å². The molecular weight excluding hydrogens is 673 g/mol. The maximum atomic E-state index is 6.89. The minimum absolute atomic E-state index is 0.325. The number of nitrogens with two attached hydrogens (primary N) is 2. The van der Waals surface area contributed by atoms with Crippen LogP contribution in [0.15, 0.2) is 181 Å². The molecule has 0 aliphatic carbocycles. The average molecular weight is 707 g/mol. The van der Waals surface area contributed by atoms with Gasteiger partial charge in [-0.1, -0.05) is 121 Å². The molecule has 6 nitrogen and oxygen atoms in total. The van der Waals surface area contributed by atoms with Crippen molar-refractivity contribution in [1.29, 1.82) is 0 Å². The molecular formula is C46H34N4O2S. The third-order valence-electron chi connectivity index (χ3n) is 9.48. The first kappa shape index (κ1) is 32.3. The molecule has 4 N–H and O–H groups in total. The van der Waals surface area contributed by atoms with E-state index in [-0.39, 0.29) is 0 Å². The first-order chi connectivity index (χ1) is 26.1. The lowest BCUT2D eigenvalue weighted by Crippen LogP contribution is -2.17. The number of nitrogens with zero attached hydrogens (tertiary/aromatic N) is 2. The first-order valence-corrected chi connectivity index (χ1v) is 18.4. The standard InChI is InChI=1S/C46H34N4O2S/c47-38-25-37-42(26-43(38)53-28-30-18-20-32(21-19-30)31-12-5-2-6-13-31)52-40-17-9-15-36(44(37)40)45(48)50-46(49-27-29-10-3-1-4-11-29)33-22-23-35-34-14-7-8-16-39(34)51-41(35)24-33/h1-26H,27-28,47H2,(H2,48,49,50). The maximum Gasteiger partial charge on any atom is 0.157 e. The van der Waals surface area contributed by atoms with E-state index in [0.717, 1.165) is 65.6 Å². The number of hydrogen-bond donors (Lipinski definition) is 2. The third kappa shape index (κ3) is 6.43. The van der Waals surface area contributed by atoms with Crippen molar-refractivity contribution in [2.45, 2.75) is 17.2 Å². The van der Waals surface area contributed by atoms with Gasteiger partial charge >= 0.3 is 0 Å². The van der Waals surface area contributed by atoms with Crippen LogP contribution in [0.3, 0.4) is 0 Å². The quantitative estimate of drug-likeness (QED) is 0.0708. The molecule has 0 aliphatic heterocycles. The number of fused-ring (bicyclic) bond motifs is 6. The van der Waals surface area contributed by atoms with Crippen LogP contribution >= 0.6 is 11.8 Å². The SMILES string of the molecule is N/C(=N\C(=N/Cc1ccccc1)c1ccc2c(c1)oc1ccccc12)c1cccc2oc3cc(SCc4ccc(-c5ccccc5)cc4)c(N)cc3c12. The van der Waals surface area contributed by atoms with Crippen LogP contribution < -0.4 is 11.5 Å². The van der Waals surface area contributed by atoms with E-state index in [4.69, 9.17) is 30.3 Å². The highest BCUT2D eigenvalue weighted by Gasteiger charge is 2.17. The van der Waals surface area contributed by atoms with E-state index in [1.54, 1.807) is 11.8 Å². The van der Waals surface area contributed by atoms with Crippen molar-refractivity contribution in [3.05, 3.63) is 180 Å². The number of nitrogen functional groups attached to an aromatic ring is 1. The van der Waals surface area contributed by atoms with Gasteiger partial charge in [0.1, 0.15) is 28.2 Å². The fourth-order valence-corrected chi connectivity index (χ4v) is 7.70. The molecule has 0 bridgehead atoms. The zero-order valence-corrected chi connectivity index (χ0v) is 29.5. The van der Waals surface area contributed by atoms with E-state index < -0.39 is 0 Å². The molecule has 0 spiro atoms. The molecule has 0 saturated heterocycles. The van der Waals surface area contributed by atoms with Crippen molar-refractivity contribution >= 4 is 73.0 Å². The number of thioether (sulfide) groups is 1. The molecule has 0 fully saturated rings. The topological polar surface area (TPSA) is 103 Å².